The average Bonchev–Trinajstić information content (AvgIpc) is 2.65. The topological polar surface area (TPSA) is 38.3 Å². The molecule has 0 fully saturated rings. The minimum atomic E-state index is -0.448. The maximum Gasteiger partial charge on any atom is 0.228 e. The Bertz CT molecular complexity index is 996. The molecule has 1 amide bonds. The Morgan fingerprint density at radius 2 is 1.64 bits per heavy atom. The van der Waals surface area contributed by atoms with Crippen LogP contribution < -0.4 is 10.1 Å². The van der Waals surface area contributed by atoms with Gasteiger partial charge in [-0.2, -0.15) is 0 Å². The predicted octanol–water partition coefficient (Wildman–Crippen LogP) is 6.14. The monoisotopic (exact) mass is 465 g/mol. The van der Waals surface area contributed by atoms with E-state index in [2.05, 4.69) is 21.2 Å². The summed E-state index contributed by atoms with van der Waals surface area (Å²) in [5.74, 6) is -0.482. The van der Waals surface area contributed by atoms with E-state index in [1.165, 1.54) is 30.3 Å². The van der Waals surface area contributed by atoms with E-state index in [0.29, 0.717) is 17.0 Å². The molecule has 3 nitrogen and oxygen atoms in total. The van der Waals surface area contributed by atoms with E-state index < -0.39 is 5.82 Å². The highest BCUT2D eigenvalue weighted by atomic mass is 79.9. The number of benzene rings is 3. The molecule has 0 aliphatic heterocycles. The maximum atomic E-state index is 13.1. The Morgan fingerprint density at radius 1 is 0.964 bits per heavy atom. The van der Waals surface area contributed by atoms with Crippen molar-refractivity contribution in [2.24, 2.45) is 0 Å². The van der Waals surface area contributed by atoms with E-state index in [-0.39, 0.29) is 29.8 Å². The van der Waals surface area contributed by atoms with Gasteiger partial charge in [0.1, 0.15) is 24.0 Å². The van der Waals surface area contributed by atoms with Crippen molar-refractivity contribution < 1.29 is 18.3 Å². The fraction of sp³-hybridized carbons (Fsp3) is 0.0952. The van der Waals surface area contributed by atoms with Gasteiger partial charge in [0.2, 0.25) is 5.91 Å². The molecule has 1 N–H and O–H groups in total. The highest BCUT2D eigenvalue weighted by Crippen LogP contribution is 2.24. The third kappa shape index (κ3) is 5.53. The fourth-order valence-corrected chi connectivity index (χ4v) is 3.20. The van der Waals surface area contributed by atoms with Crippen LogP contribution in [0.4, 0.5) is 14.5 Å². The molecule has 7 heteroatoms. The number of hydrogen-bond acceptors (Lipinski definition) is 2. The Morgan fingerprint density at radius 3 is 2.32 bits per heavy atom. The Kier molecular flexibility index (Phi) is 6.65. The third-order valence-electron chi connectivity index (χ3n) is 3.91. The van der Waals surface area contributed by atoms with Crippen LogP contribution in [0.1, 0.15) is 11.1 Å². The van der Waals surface area contributed by atoms with E-state index in [1.54, 1.807) is 24.3 Å². The lowest BCUT2D eigenvalue weighted by atomic mass is 10.1. The van der Waals surface area contributed by atoms with Crippen molar-refractivity contribution in [3.8, 4) is 5.75 Å². The molecule has 0 aliphatic carbocycles. The van der Waals surface area contributed by atoms with Crippen LogP contribution in [-0.4, -0.2) is 5.91 Å². The van der Waals surface area contributed by atoms with Gasteiger partial charge in [-0.1, -0.05) is 39.7 Å². The second-order valence-electron chi connectivity index (χ2n) is 6.01. The molecule has 0 spiro atoms. The molecule has 0 saturated heterocycles. The summed E-state index contributed by atoms with van der Waals surface area (Å²) in [6.45, 7) is 0.283. The first kappa shape index (κ1) is 20.3. The van der Waals surface area contributed by atoms with Crippen molar-refractivity contribution in [2.45, 2.75) is 13.0 Å². The number of halogens is 4. The number of nitrogens with one attached hydrogen (secondary N) is 1. The molecule has 28 heavy (non-hydrogen) atoms. The highest BCUT2D eigenvalue weighted by molar-refractivity contribution is 9.10. The van der Waals surface area contributed by atoms with Gasteiger partial charge in [-0.3, -0.25) is 4.79 Å². The van der Waals surface area contributed by atoms with Crippen molar-refractivity contribution in [1.82, 2.24) is 0 Å². The molecule has 144 valence electrons. The number of carbonyl (C=O) groups excluding carboxylic acids is 1. The van der Waals surface area contributed by atoms with E-state index >= 15 is 0 Å². The highest BCUT2D eigenvalue weighted by Gasteiger charge is 2.10. The number of hydrogen-bond donors (Lipinski definition) is 1. The van der Waals surface area contributed by atoms with Gasteiger partial charge in [-0.05, 0) is 54.1 Å². The molecule has 0 bridgehead atoms. The summed E-state index contributed by atoms with van der Waals surface area (Å²) in [4.78, 5) is 12.2. The summed E-state index contributed by atoms with van der Waals surface area (Å²) in [7, 11) is 0. The lowest BCUT2D eigenvalue weighted by Crippen LogP contribution is -2.14. The van der Waals surface area contributed by atoms with Crippen LogP contribution >= 0.6 is 27.5 Å². The summed E-state index contributed by atoms with van der Waals surface area (Å²) >= 11 is 9.41. The molecule has 0 saturated carbocycles. The van der Waals surface area contributed by atoms with Gasteiger partial charge in [0, 0.05) is 20.7 Å². The zero-order valence-corrected chi connectivity index (χ0v) is 16.9. The molecular weight excluding hydrogens is 452 g/mol. The Hall–Kier alpha value is -2.44. The molecule has 0 unspecified atom stereocenters. The van der Waals surface area contributed by atoms with Crippen molar-refractivity contribution >= 4 is 39.1 Å². The standard InChI is InChI=1S/C21H15BrClF2NO2/c22-19-11-17(26-21(27)9-13-1-3-16(25)10-20(13)23)6-2-14(19)12-28-18-7-4-15(24)5-8-18/h1-8,10-11H,9,12H2,(H,26,27). The maximum absolute atomic E-state index is 13.1. The number of anilines is 1. The van der Waals surface area contributed by atoms with Crippen LogP contribution in [0.15, 0.2) is 65.1 Å². The Labute approximate surface area is 174 Å². The van der Waals surface area contributed by atoms with Crippen LogP contribution in [0.25, 0.3) is 0 Å². The molecule has 3 aromatic rings. The van der Waals surface area contributed by atoms with E-state index in [1.807, 2.05) is 6.07 Å². The van der Waals surface area contributed by atoms with Crippen LogP contribution in [0.3, 0.4) is 0 Å². The number of carbonyl (C=O) groups is 1. The zero-order valence-electron chi connectivity index (χ0n) is 14.5. The van der Waals surface area contributed by atoms with Crippen molar-refractivity contribution in [1.29, 1.82) is 0 Å². The smallest absolute Gasteiger partial charge is 0.228 e. The molecule has 0 aromatic heterocycles. The van der Waals surface area contributed by atoms with Gasteiger partial charge in [0.25, 0.3) is 0 Å². The van der Waals surface area contributed by atoms with Gasteiger partial charge in [-0.15, -0.1) is 0 Å². The lowest BCUT2D eigenvalue weighted by Gasteiger charge is -2.11. The fourth-order valence-electron chi connectivity index (χ4n) is 2.48. The molecular formula is C21H15BrClF2NO2. The summed E-state index contributed by atoms with van der Waals surface area (Å²) in [6, 6.07) is 15.0. The summed E-state index contributed by atoms with van der Waals surface area (Å²) in [5.41, 5.74) is 2.01. The molecule has 0 atom stereocenters. The minimum Gasteiger partial charge on any atom is -0.489 e. The number of amides is 1. The van der Waals surface area contributed by atoms with Gasteiger partial charge in [0.15, 0.2) is 0 Å². The first-order chi connectivity index (χ1) is 13.4. The van der Waals surface area contributed by atoms with Crippen molar-refractivity contribution in [2.75, 3.05) is 5.32 Å². The quantitative estimate of drug-likeness (QED) is 0.474. The molecule has 3 aromatic carbocycles. The average molecular weight is 467 g/mol. The Balaban J connectivity index is 1.60. The normalized spacial score (nSPS) is 10.6. The predicted molar refractivity (Wildman–Crippen MR) is 109 cm³/mol. The van der Waals surface area contributed by atoms with Crippen molar-refractivity contribution in [3.63, 3.8) is 0 Å². The molecule has 0 aliphatic rings. The number of ether oxygens (including phenoxy) is 1. The zero-order chi connectivity index (χ0) is 20.1. The van der Waals surface area contributed by atoms with E-state index in [0.717, 1.165) is 10.0 Å². The minimum absolute atomic E-state index is 0.0339. The van der Waals surface area contributed by atoms with Gasteiger partial charge in [0.05, 0.1) is 6.42 Å². The van der Waals surface area contributed by atoms with E-state index in [4.69, 9.17) is 16.3 Å². The number of rotatable bonds is 6. The summed E-state index contributed by atoms with van der Waals surface area (Å²) < 4.78 is 32.4. The van der Waals surface area contributed by atoms with Crippen LogP contribution in [0.5, 0.6) is 5.75 Å². The van der Waals surface area contributed by atoms with Crippen LogP contribution in [0.2, 0.25) is 5.02 Å². The van der Waals surface area contributed by atoms with Gasteiger partial charge < -0.3 is 10.1 Å². The first-order valence-electron chi connectivity index (χ1n) is 8.31. The van der Waals surface area contributed by atoms with E-state index in [9.17, 15) is 13.6 Å². The van der Waals surface area contributed by atoms with Crippen molar-refractivity contribution in [3.05, 3.63) is 92.9 Å². The van der Waals surface area contributed by atoms with Crippen LogP contribution in [0, 0.1) is 11.6 Å². The SMILES string of the molecule is O=C(Cc1ccc(F)cc1Cl)Nc1ccc(COc2ccc(F)cc2)c(Br)c1. The summed E-state index contributed by atoms with van der Waals surface area (Å²) in [5, 5.41) is 2.99. The molecule has 0 radical (unpaired) electrons. The molecule has 3 rings (SSSR count). The second kappa shape index (κ2) is 9.17. The lowest BCUT2D eigenvalue weighted by molar-refractivity contribution is -0.115. The summed E-state index contributed by atoms with van der Waals surface area (Å²) in [6.07, 6.45) is 0.0339. The third-order valence-corrected chi connectivity index (χ3v) is 5.00. The second-order valence-corrected chi connectivity index (χ2v) is 7.27. The first-order valence-corrected chi connectivity index (χ1v) is 9.48. The molecule has 0 heterocycles. The largest absolute Gasteiger partial charge is 0.489 e. The van der Waals surface area contributed by atoms with Gasteiger partial charge in [-0.25, -0.2) is 8.78 Å². The van der Waals surface area contributed by atoms with Crippen LogP contribution in [-0.2, 0) is 17.8 Å². The van der Waals surface area contributed by atoms with Gasteiger partial charge >= 0.3 is 0 Å².